The molecule has 1 N–H and O–H groups in total. The second-order valence-electron chi connectivity index (χ2n) is 14.5. The van der Waals surface area contributed by atoms with E-state index in [1.54, 1.807) is 16.4 Å². The van der Waals surface area contributed by atoms with E-state index in [1.807, 2.05) is 12.1 Å². The number of para-hydroxylation sites is 1. The van der Waals surface area contributed by atoms with Crippen LogP contribution in [0.25, 0.3) is 10.9 Å². The third-order valence-electron chi connectivity index (χ3n) is 9.90. The molecule has 1 aliphatic heterocycles. The first-order chi connectivity index (χ1) is 20.9. The van der Waals surface area contributed by atoms with Crippen LogP contribution in [-0.2, 0) is 15.4 Å². The minimum absolute atomic E-state index is 0.00311. The van der Waals surface area contributed by atoms with E-state index in [9.17, 15) is 8.42 Å². The minimum atomic E-state index is -3.48. The van der Waals surface area contributed by atoms with Crippen LogP contribution in [0, 0.1) is 11.8 Å². The molecule has 2 aliphatic rings. The highest BCUT2D eigenvalue weighted by Gasteiger charge is 2.35. The highest BCUT2D eigenvalue weighted by atomic mass is 32.2. The Bertz CT molecular complexity index is 1490. The van der Waals surface area contributed by atoms with Gasteiger partial charge in [-0.05, 0) is 92.1 Å². The van der Waals surface area contributed by atoms with E-state index >= 15 is 0 Å². The van der Waals surface area contributed by atoms with Gasteiger partial charge < -0.3 is 10.2 Å². The molecular weight excluding hydrogens is 566 g/mol. The standard InChI is InChI=1S/C36H53N5O2S/c1-26(34-38-33-12-8-7-11-32(33)35(39-34)40(5)6)13-14-27-15-17-28(18-16-27)24-37-25-30-10-9-23-41(30)44(42,43)31-21-19-29(20-22-31)36(2,3)4/h7-8,11-12,19-22,26-28,30,37H,9-10,13-18,23-25H2,1-6H3/t26?,27?,28?,30-/m0/s1. The van der Waals surface area contributed by atoms with Gasteiger partial charge in [-0.25, -0.2) is 18.4 Å². The second-order valence-corrected chi connectivity index (χ2v) is 16.4. The molecule has 2 heterocycles. The predicted octanol–water partition coefficient (Wildman–Crippen LogP) is 7.13. The summed E-state index contributed by atoms with van der Waals surface area (Å²) in [6.07, 6.45) is 9.23. The third-order valence-corrected chi connectivity index (χ3v) is 11.9. The lowest BCUT2D eigenvalue weighted by Gasteiger charge is -2.30. The van der Waals surface area contributed by atoms with Crippen LogP contribution >= 0.6 is 0 Å². The van der Waals surface area contributed by atoms with Crippen molar-refractivity contribution >= 4 is 26.7 Å². The smallest absolute Gasteiger partial charge is 0.243 e. The Morgan fingerprint density at radius 1 is 0.932 bits per heavy atom. The predicted molar refractivity (Wildman–Crippen MR) is 182 cm³/mol. The highest BCUT2D eigenvalue weighted by molar-refractivity contribution is 7.89. The number of nitrogens with one attached hydrogen (secondary N) is 1. The number of nitrogens with zero attached hydrogens (tertiary/aromatic N) is 4. The maximum Gasteiger partial charge on any atom is 0.243 e. The summed E-state index contributed by atoms with van der Waals surface area (Å²) in [5, 5.41) is 4.77. The summed E-state index contributed by atoms with van der Waals surface area (Å²) in [6.45, 7) is 11.0. The molecule has 2 atom stereocenters. The molecule has 0 amide bonds. The molecule has 0 radical (unpaired) electrons. The van der Waals surface area contributed by atoms with Gasteiger partial charge in [-0.3, -0.25) is 0 Å². The summed E-state index contributed by atoms with van der Waals surface area (Å²) in [7, 11) is 0.619. The van der Waals surface area contributed by atoms with Gasteiger partial charge in [0.25, 0.3) is 0 Å². The van der Waals surface area contributed by atoms with Gasteiger partial charge >= 0.3 is 0 Å². The molecule has 1 unspecified atom stereocenters. The van der Waals surface area contributed by atoms with E-state index in [1.165, 1.54) is 32.1 Å². The van der Waals surface area contributed by atoms with Gasteiger partial charge in [0.15, 0.2) is 0 Å². The monoisotopic (exact) mass is 619 g/mol. The summed E-state index contributed by atoms with van der Waals surface area (Å²) < 4.78 is 28.7. The lowest BCUT2D eigenvalue weighted by Crippen LogP contribution is -2.42. The summed E-state index contributed by atoms with van der Waals surface area (Å²) in [6, 6.07) is 15.8. The van der Waals surface area contributed by atoms with Crippen molar-refractivity contribution in [1.82, 2.24) is 19.6 Å². The average Bonchev–Trinajstić information content (AvgIpc) is 3.49. The molecule has 0 spiro atoms. The van der Waals surface area contributed by atoms with Crippen LogP contribution in [0.1, 0.15) is 96.4 Å². The number of hydrogen-bond acceptors (Lipinski definition) is 6. The van der Waals surface area contributed by atoms with Crippen LogP contribution in [0.15, 0.2) is 53.4 Å². The quantitative estimate of drug-likeness (QED) is 0.246. The fourth-order valence-corrected chi connectivity index (χ4v) is 8.72. The summed E-state index contributed by atoms with van der Waals surface area (Å²) in [4.78, 5) is 12.4. The number of rotatable bonds is 11. The lowest BCUT2D eigenvalue weighted by atomic mass is 9.79. The van der Waals surface area contributed by atoms with Crippen molar-refractivity contribution in [3.63, 3.8) is 0 Å². The first kappa shape index (κ1) is 32.8. The topological polar surface area (TPSA) is 78.4 Å². The van der Waals surface area contributed by atoms with E-state index in [0.29, 0.717) is 23.3 Å². The number of anilines is 1. The fourth-order valence-electron chi connectivity index (χ4n) is 7.02. The van der Waals surface area contributed by atoms with Gasteiger partial charge in [-0.15, -0.1) is 0 Å². The molecule has 2 aromatic carbocycles. The van der Waals surface area contributed by atoms with Gasteiger partial charge in [0, 0.05) is 44.5 Å². The highest BCUT2D eigenvalue weighted by Crippen LogP contribution is 2.35. The summed E-state index contributed by atoms with van der Waals surface area (Å²) in [5.74, 6) is 3.72. The Labute approximate surface area is 265 Å². The second kappa shape index (κ2) is 13.8. The molecule has 1 aliphatic carbocycles. The molecule has 5 rings (SSSR count). The Kier molecular flexibility index (Phi) is 10.3. The first-order valence-corrected chi connectivity index (χ1v) is 18.1. The van der Waals surface area contributed by atoms with Crippen molar-refractivity contribution in [3.8, 4) is 0 Å². The van der Waals surface area contributed by atoms with Crippen molar-refractivity contribution in [3.05, 3.63) is 59.9 Å². The van der Waals surface area contributed by atoms with Gasteiger partial charge in [0.1, 0.15) is 11.6 Å². The SMILES string of the molecule is CC(CCC1CCC(CNC[C@@H]2CCCN2S(=O)(=O)c2ccc(C(C)(C)C)cc2)CC1)c1nc(N(C)C)c2ccccc2n1. The largest absolute Gasteiger partial charge is 0.362 e. The molecule has 1 aromatic heterocycles. The Hall–Kier alpha value is -2.55. The maximum absolute atomic E-state index is 13.5. The Morgan fingerprint density at radius 2 is 1.61 bits per heavy atom. The third kappa shape index (κ3) is 7.63. The first-order valence-electron chi connectivity index (χ1n) is 16.7. The van der Waals surface area contributed by atoms with E-state index in [4.69, 9.17) is 9.97 Å². The van der Waals surface area contributed by atoms with Crippen molar-refractivity contribution < 1.29 is 8.42 Å². The number of benzene rings is 2. The van der Waals surface area contributed by atoms with Crippen LogP contribution in [-0.4, -0.2) is 62.5 Å². The molecule has 2 fully saturated rings. The number of sulfonamides is 1. The van der Waals surface area contributed by atoms with Crippen molar-refractivity contribution in [2.45, 2.75) is 101 Å². The zero-order chi connectivity index (χ0) is 31.5. The van der Waals surface area contributed by atoms with E-state index in [-0.39, 0.29) is 11.5 Å². The Morgan fingerprint density at radius 3 is 2.30 bits per heavy atom. The van der Waals surface area contributed by atoms with Gasteiger partial charge in [0.05, 0.1) is 10.4 Å². The molecule has 7 nitrogen and oxygen atoms in total. The van der Waals surface area contributed by atoms with Crippen molar-refractivity contribution in [1.29, 1.82) is 0 Å². The lowest BCUT2D eigenvalue weighted by molar-refractivity contribution is 0.247. The Balaban J connectivity index is 1.06. The van der Waals surface area contributed by atoms with Crippen molar-refractivity contribution in [2.75, 3.05) is 38.6 Å². The van der Waals surface area contributed by atoms with Crippen LogP contribution in [0.5, 0.6) is 0 Å². The zero-order valence-electron chi connectivity index (χ0n) is 27.7. The van der Waals surface area contributed by atoms with Gasteiger partial charge in [-0.2, -0.15) is 4.31 Å². The molecule has 240 valence electrons. The van der Waals surface area contributed by atoms with Crippen molar-refractivity contribution in [2.24, 2.45) is 11.8 Å². The summed E-state index contributed by atoms with van der Waals surface area (Å²) >= 11 is 0. The zero-order valence-corrected chi connectivity index (χ0v) is 28.5. The number of hydrogen-bond donors (Lipinski definition) is 1. The average molecular weight is 620 g/mol. The molecule has 44 heavy (non-hydrogen) atoms. The van der Waals surface area contributed by atoms with Crippen LogP contribution in [0.4, 0.5) is 5.82 Å². The molecule has 3 aromatic rings. The summed E-state index contributed by atoms with van der Waals surface area (Å²) in [5.41, 5.74) is 2.18. The van der Waals surface area contributed by atoms with E-state index in [0.717, 1.165) is 66.4 Å². The molecule has 1 saturated carbocycles. The van der Waals surface area contributed by atoms with E-state index in [2.05, 4.69) is 76.3 Å². The van der Waals surface area contributed by atoms with E-state index < -0.39 is 10.0 Å². The molecular formula is C36H53N5O2S. The van der Waals surface area contributed by atoms with Crippen LogP contribution < -0.4 is 10.2 Å². The fraction of sp³-hybridized carbons (Fsp3) is 0.611. The molecule has 0 bridgehead atoms. The number of aromatic nitrogens is 2. The minimum Gasteiger partial charge on any atom is -0.362 e. The maximum atomic E-state index is 13.5. The van der Waals surface area contributed by atoms with Crippen LogP contribution in [0.3, 0.4) is 0 Å². The van der Waals surface area contributed by atoms with Crippen LogP contribution in [0.2, 0.25) is 0 Å². The number of fused-ring (bicyclic) bond motifs is 1. The van der Waals surface area contributed by atoms with Gasteiger partial charge in [0.2, 0.25) is 10.0 Å². The normalized spacial score (nSPS) is 22.4. The van der Waals surface area contributed by atoms with Gasteiger partial charge in [-0.1, -0.05) is 64.8 Å². The molecule has 8 heteroatoms. The molecule has 1 saturated heterocycles.